The normalized spacial score (nSPS) is 9.91. The topological polar surface area (TPSA) is 56.0 Å². The zero-order chi connectivity index (χ0) is 8.27. The van der Waals surface area contributed by atoms with Gasteiger partial charge in [-0.15, -0.1) is 0 Å². The van der Waals surface area contributed by atoms with Crippen molar-refractivity contribution in [2.24, 2.45) is 0 Å². The highest BCUT2D eigenvalue weighted by Gasteiger charge is 2.08. The van der Waals surface area contributed by atoms with Crippen molar-refractivity contribution in [3.8, 4) is 0 Å². The lowest BCUT2D eigenvalue weighted by molar-refractivity contribution is 0.108. The van der Waals surface area contributed by atoms with Crippen LogP contribution in [-0.4, -0.2) is 15.2 Å². The van der Waals surface area contributed by atoms with Crippen LogP contribution in [0.15, 0.2) is 6.07 Å². The molecule has 0 atom stereocenters. The predicted octanol–water partition coefficient (Wildman–Crippen LogP) is 1.62. The Morgan fingerprint density at radius 1 is 1.91 bits per heavy atom. The van der Waals surface area contributed by atoms with Gasteiger partial charge in [0.1, 0.15) is 10.7 Å². The maximum absolute atomic E-state index is 11.1. The van der Waals surface area contributed by atoms with Gasteiger partial charge in [-0.25, -0.2) is 0 Å². The van der Waals surface area contributed by atoms with Gasteiger partial charge in [0.2, 0.25) is 5.12 Å². The van der Waals surface area contributed by atoms with Crippen molar-refractivity contribution < 1.29 is 4.79 Å². The molecule has 0 saturated carbocycles. The van der Waals surface area contributed by atoms with E-state index in [2.05, 4.69) is 4.37 Å². The molecule has 0 amide bonds. The predicted molar refractivity (Wildman–Crippen MR) is 49.0 cm³/mol. The number of carbonyl (C=O) groups excluding carboxylic acids is 1. The lowest BCUT2D eigenvalue weighted by Gasteiger charge is -1.89. The number of aromatic nitrogens is 1. The first-order valence-corrected chi connectivity index (χ1v) is 4.89. The number of hydrogen-bond donors (Lipinski definition) is 1. The highest BCUT2D eigenvalue weighted by atomic mass is 32.2. The minimum absolute atomic E-state index is 0.000417. The Bertz CT molecular complexity index is 259. The summed E-state index contributed by atoms with van der Waals surface area (Å²) in [6, 6.07) is 1.61. The standard InChI is InChI=1S/C6H8N2OS2/c1-2-10-6(9)4-3-5(7)11-8-4/h3H,2,7H2,1H3. The van der Waals surface area contributed by atoms with E-state index < -0.39 is 0 Å². The molecule has 1 aromatic rings. The van der Waals surface area contributed by atoms with E-state index in [-0.39, 0.29) is 5.12 Å². The molecule has 1 heterocycles. The summed E-state index contributed by atoms with van der Waals surface area (Å²) in [6.07, 6.45) is 0. The van der Waals surface area contributed by atoms with Crippen LogP contribution in [0.3, 0.4) is 0 Å². The van der Waals surface area contributed by atoms with Gasteiger partial charge in [-0.1, -0.05) is 18.7 Å². The average Bonchev–Trinajstić information content (AvgIpc) is 2.36. The highest BCUT2D eigenvalue weighted by Crippen LogP contribution is 2.16. The second-order valence-electron chi connectivity index (χ2n) is 1.83. The number of carbonyl (C=O) groups is 1. The van der Waals surface area contributed by atoms with Crippen molar-refractivity contribution in [3.05, 3.63) is 11.8 Å². The zero-order valence-corrected chi connectivity index (χ0v) is 7.67. The molecular weight excluding hydrogens is 180 g/mol. The first kappa shape index (κ1) is 8.55. The molecule has 0 unspecified atom stereocenters. The van der Waals surface area contributed by atoms with E-state index in [1.165, 1.54) is 11.8 Å². The van der Waals surface area contributed by atoms with Crippen LogP contribution >= 0.6 is 23.3 Å². The van der Waals surface area contributed by atoms with Crippen LogP contribution in [0.4, 0.5) is 5.00 Å². The van der Waals surface area contributed by atoms with Gasteiger partial charge in [-0.2, -0.15) is 4.37 Å². The number of thioether (sulfide) groups is 1. The third kappa shape index (κ3) is 2.20. The summed E-state index contributed by atoms with van der Waals surface area (Å²) in [6.45, 7) is 1.93. The van der Waals surface area contributed by atoms with E-state index >= 15 is 0 Å². The third-order valence-electron chi connectivity index (χ3n) is 1.01. The molecule has 3 nitrogen and oxygen atoms in total. The van der Waals surface area contributed by atoms with Gasteiger partial charge in [-0.3, -0.25) is 4.79 Å². The molecule has 0 aliphatic rings. The molecular formula is C6H8N2OS2. The maximum Gasteiger partial charge on any atom is 0.238 e. The Morgan fingerprint density at radius 3 is 3.09 bits per heavy atom. The van der Waals surface area contributed by atoms with Crippen LogP contribution in [0.1, 0.15) is 17.4 Å². The Labute approximate surface area is 73.2 Å². The summed E-state index contributed by atoms with van der Waals surface area (Å²) >= 11 is 2.40. The number of anilines is 1. The first-order valence-electron chi connectivity index (χ1n) is 3.13. The SMILES string of the molecule is CCSC(=O)c1cc(N)sn1. The van der Waals surface area contributed by atoms with E-state index in [0.29, 0.717) is 10.7 Å². The summed E-state index contributed by atoms with van der Waals surface area (Å²) in [5.41, 5.74) is 5.88. The zero-order valence-electron chi connectivity index (χ0n) is 6.03. The van der Waals surface area contributed by atoms with Crippen LogP contribution < -0.4 is 5.73 Å². The molecule has 60 valence electrons. The Balaban J connectivity index is 2.69. The summed E-state index contributed by atoms with van der Waals surface area (Å²) < 4.78 is 3.88. The quantitative estimate of drug-likeness (QED) is 0.766. The fourth-order valence-electron chi connectivity index (χ4n) is 0.591. The molecule has 0 radical (unpaired) electrons. The molecule has 0 spiro atoms. The number of rotatable bonds is 2. The van der Waals surface area contributed by atoms with Crippen molar-refractivity contribution in [3.63, 3.8) is 0 Å². The van der Waals surface area contributed by atoms with Gasteiger partial charge in [0.15, 0.2) is 0 Å². The first-order chi connectivity index (χ1) is 5.24. The van der Waals surface area contributed by atoms with E-state index in [1.807, 2.05) is 6.92 Å². The second-order valence-corrected chi connectivity index (χ2v) is 3.91. The van der Waals surface area contributed by atoms with Gasteiger partial charge in [0.25, 0.3) is 0 Å². The number of hydrogen-bond acceptors (Lipinski definition) is 5. The van der Waals surface area contributed by atoms with Crippen molar-refractivity contribution in [1.29, 1.82) is 0 Å². The number of nitrogens with two attached hydrogens (primary N) is 1. The van der Waals surface area contributed by atoms with Gasteiger partial charge in [-0.05, 0) is 17.3 Å². The van der Waals surface area contributed by atoms with E-state index in [9.17, 15) is 4.79 Å². The molecule has 1 aromatic heterocycles. The molecule has 0 aromatic carbocycles. The van der Waals surface area contributed by atoms with Crippen molar-refractivity contribution in [1.82, 2.24) is 4.37 Å². The Kier molecular flexibility index (Phi) is 2.90. The summed E-state index contributed by atoms with van der Waals surface area (Å²) in [7, 11) is 0. The number of nitrogens with zero attached hydrogens (tertiary/aromatic N) is 1. The molecule has 0 aliphatic heterocycles. The summed E-state index contributed by atoms with van der Waals surface area (Å²) in [4.78, 5) is 11.1. The van der Waals surface area contributed by atoms with Gasteiger partial charge in [0.05, 0.1) is 0 Å². The second kappa shape index (κ2) is 3.73. The highest BCUT2D eigenvalue weighted by molar-refractivity contribution is 8.14. The Hall–Kier alpha value is -0.550. The fraction of sp³-hybridized carbons (Fsp3) is 0.333. The van der Waals surface area contributed by atoms with E-state index in [4.69, 9.17) is 5.73 Å². The van der Waals surface area contributed by atoms with Crippen LogP contribution in [0, 0.1) is 0 Å². The minimum atomic E-state index is 0.000417. The molecule has 2 N–H and O–H groups in total. The monoisotopic (exact) mass is 188 g/mol. The van der Waals surface area contributed by atoms with Crippen LogP contribution in [-0.2, 0) is 0 Å². The molecule has 1 rings (SSSR count). The molecule has 5 heteroatoms. The van der Waals surface area contributed by atoms with Gasteiger partial charge >= 0.3 is 0 Å². The largest absolute Gasteiger partial charge is 0.389 e. The van der Waals surface area contributed by atoms with Crippen LogP contribution in [0.2, 0.25) is 0 Å². The van der Waals surface area contributed by atoms with Crippen molar-refractivity contribution in [2.45, 2.75) is 6.92 Å². The molecule has 0 aliphatic carbocycles. The van der Waals surface area contributed by atoms with Gasteiger partial charge in [0, 0.05) is 6.07 Å². The summed E-state index contributed by atoms with van der Waals surface area (Å²) in [5.74, 6) is 0.774. The third-order valence-corrected chi connectivity index (χ3v) is 2.39. The Morgan fingerprint density at radius 2 is 2.64 bits per heavy atom. The van der Waals surface area contributed by atoms with Crippen LogP contribution in [0.5, 0.6) is 0 Å². The maximum atomic E-state index is 11.1. The van der Waals surface area contributed by atoms with E-state index in [0.717, 1.165) is 17.3 Å². The fourth-order valence-corrected chi connectivity index (χ4v) is 1.67. The molecule has 0 saturated heterocycles. The lowest BCUT2D eigenvalue weighted by atomic mass is 10.5. The molecule has 11 heavy (non-hydrogen) atoms. The van der Waals surface area contributed by atoms with E-state index in [1.54, 1.807) is 6.07 Å². The minimum Gasteiger partial charge on any atom is -0.389 e. The smallest absolute Gasteiger partial charge is 0.238 e. The van der Waals surface area contributed by atoms with Crippen LogP contribution in [0.25, 0.3) is 0 Å². The van der Waals surface area contributed by atoms with Crippen molar-refractivity contribution >= 4 is 33.4 Å². The molecule has 0 bridgehead atoms. The number of nitrogen functional groups attached to an aromatic ring is 1. The lowest BCUT2D eigenvalue weighted by Crippen LogP contribution is -1.92. The summed E-state index contributed by atoms with van der Waals surface area (Å²) in [5, 5.41) is 0.588. The van der Waals surface area contributed by atoms with Crippen molar-refractivity contribution in [2.75, 3.05) is 11.5 Å². The van der Waals surface area contributed by atoms with Gasteiger partial charge < -0.3 is 5.73 Å². The molecule has 0 fully saturated rings. The average molecular weight is 188 g/mol.